The lowest BCUT2D eigenvalue weighted by molar-refractivity contribution is -0.130. The number of carbonyl (C=O) groups is 1. The molecule has 0 spiro atoms. The Kier molecular flexibility index (Phi) is 7.52. The number of methoxy groups -OCH3 is 1. The Morgan fingerprint density at radius 1 is 1.15 bits per heavy atom. The van der Waals surface area contributed by atoms with E-state index >= 15 is 0 Å². The molecule has 2 aromatic carbocycles. The molecule has 0 atom stereocenters. The summed E-state index contributed by atoms with van der Waals surface area (Å²) in [6.45, 7) is 2.98. The Bertz CT molecular complexity index is 1110. The van der Waals surface area contributed by atoms with E-state index in [0.29, 0.717) is 54.3 Å². The number of aromatic nitrogens is 3. The van der Waals surface area contributed by atoms with Crippen molar-refractivity contribution in [2.24, 2.45) is 7.05 Å². The van der Waals surface area contributed by atoms with Crippen molar-refractivity contribution in [2.45, 2.75) is 11.7 Å². The normalized spacial score (nSPS) is 14.5. The molecule has 1 aliphatic rings. The van der Waals surface area contributed by atoms with E-state index in [1.54, 1.807) is 19.2 Å². The van der Waals surface area contributed by atoms with E-state index in [9.17, 15) is 9.18 Å². The van der Waals surface area contributed by atoms with Gasteiger partial charge < -0.3 is 14.2 Å². The van der Waals surface area contributed by atoms with Gasteiger partial charge in [-0.05, 0) is 24.3 Å². The number of amides is 1. The lowest BCUT2D eigenvalue weighted by atomic mass is 10.2. The van der Waals surface area contributed by atoms with Crippen LogP contribution in [0.2, 0.25) is 5.02 Å². The fourth-order valence-corrected chi connectivity index (χ4v) is 4.77. The Hall–Kier alpha value is -2.62. The number of thioether (sulfide) groups is 1. The third kappa shape index (κ3) is 5.48. The molecule has 0 bridgehead atoms. The summed E-state index contributed by atoms with van der Waals surface area (Å²) < 4.78 is 21.2. The molecule has 1 fully saturated rings. The highest BCUT2D eigenvalue weighted by Gasteiger charge is 2.23. The number of ether oxygens (including phenoxy) is 1. The van der Waals surface area contributed by atoms with Crippen molar-refractivity contribution in [1.29, 1.82) is 0 Å². The van der Waals surface area contributed by atoms with E-state index in [1.165, 1.54) is 17.8 Å². The first-order chi connectivity index (χ1) is 16.0. The molecule has 1 aromatic heterocycles. The van der Waals surface area contributed by atoms with Crippen LogP contribution in [-0.4, -0.2) is 69.5 Å². The van der Waals surface area contributed by atoms with Gasteiger partial charge in [-0.15, -0.1) is 10.2 Å². The number of carbonyl (C=O) groups excluding carboxylic acids is 1. The first-order valence-electron chi connectivity index (χ1n) is 10.6. The van der Waals surface area contributed by atoms with Crippen LogP contribution in [0.4, 0.5) is 4.39 Å². The fourth-order valence-electron chi connectivity index (χ4n) is 3.73. The second-order valence-electron chi connectivity index (χ2n) is 7.74. The van der Waals surface area contributed by atoms with Crippen LogP contribution in [0.15, 0.2) is 47.6 Å². The molecule has 0 unspecified atom stereocenters. The summed E-state index contributed by atoms with van der Waals surface area (Å²) in [7, 11) is 3.51. The van der Waals surface area contributed by atoms with Crippen LogP contribution in [0.25, 0.3) is 11.4 Å². The van der Waals surface area contributed by atoms with Crippen LogP contribution in [0.5, 0.6) is 5.75 Å². The summed E-state index contributed by atoms with van der Waals surface area (Å²) in [5, 5.41) is 9.63. The summed E-state index contributed by atoms with van der Waals surface area (Å²) in [4.78, 5) is 16.7. The molecule has 0 radical (unpaired) electrons. The molecule has 7 nitrogen and oxygen atoms in total. The SMILES string of the molecule is COc1cccc(-c2nnc(SCC(=O)N3CCN(Cc4c(F)cccc4Cl)CC3)n2C)c1. The van der Waals surface area contributed by atoms with Crippen molar-refractivity contribution in [2.75, 3.05) is 39.0 Å². The lowest BCUT2D eigenvalue weighted by Gasteiger charge is -2.34. The van der Waals surface area contributed by atoms with E-state index in [2.05, 4.69) is 15.1 Å². The van der Waals surface area contributed by atoms with Gasteiger partial charge in [0.15, 0.2) is 11.0 Å². The van der Waals surface area contributed by atoms with Gasteiger partial charge in [0.25, 0.3) is 0 Å². The van der Waals surface area contributed by atoms with Crippen molar-refractivity contribution in [1.82, 2.24) is 24.6 Å². The van der Waals surface area contributed by atoms with Crippen LogP contribution in [0, 0.1) is 5.82 Å². The Morgan fingerprint density at radius 2 is 1.91 bits per heavy atom. The van der Waals surface area contributed by atoms with Crippen molar-refractivity contribution >= 4 is 29.3 Å². The molecule has 0 aliphatic carbocycles. The maximum atomic E-state index is 14.1. The molecule has 33 heavy (non-hydrogen) atoms. The van der Waals surface area contributed by atoms with E-state index in [0.717, 1.165) is 11.3 Å². The predicted octanol–water partition coefficient (Wildman–Crippen LogP) is 3.72. The fraction of sp³-hybridized carbons (Fsp3) is 0.348. The third-order valence-electron chi connectivity index (χ3n) is 5.66. The van der Waals surface area contributed by atoms with Gasteiger partial charge in [-0.25, -0.2) is 4.39 Å². The maximum Gasteiger partial charge on any atom is 0.233 e. The summed E-state index contributed by atoms with van der Waals surface area (Å²) in [5.41, 5.74) is 1.40. The van der Waals surface area contributed by atoms with Gasteiger partial charge in [0.2, 0.25) is 5.91 Å². The molecule has 174 valence electrons. The van der Waals surface area contributed by atoms with Gasteiger partial charge in [-0.1, -0.05) is 41.6 Å². The average molecular weight is 490 g/mol. The van der Waals surface area contributed by atoms with E-state index in [-0.39, 0.29) is 17.5 Å². The Morgan fingerprint density at radius 3 is 2.64 bits per heavy atom. The molecule has 2 heterocycles. The van der Waals surface area contributed by atoms with Gasteiger partial charge in [0.05, 0.1) is 12.9 Å². The van der Waals surface area contributed by atoms with E-state index in [1.807, 2.05) is 40.8 Å². The number of halogens is 2. The van der Waals surface area contributed by atoms with Gasteiger partial charge >= 0.3 is 0 Å². The second-order valence-corrected chi connectivity index (χ2v) is 9.09. The van der Waals surface area contributed by atoms with Crippen LogP contribution >= 0.6 is 23.4 Å². The minimum absolute atomic E-state index is 0.0505. The minimum Gasteiger partial charge on any atom is -0.497 e. The lowest BCUT2D eigenvalue weighted by Crippen LogP contribution is -2.48. The third-order valence-corrected chi connectivity index (χ3v) is 7.02. The number of benzene rings is 2. The summed E-state index contributed by atoms with van der Waals surface area (Å²) >= 11 is 7.51. The van der Waals surface area contributed by atoms with Crippen LogP contribution in [-0.2, 0) is 18.4 Å². The zero-order valence-electron chi connectivity index (χ0n) is 18.5. The first kappa shape index (κ1) is 23.5. The van der Waals surface area contributed by atoms with Gasteiger partial charge in [0.1, 0.15) is 11.6 Å². The van der Waals surface area contributed by atoms with Crippen LogP contribution < -0.4 is 4.74 Å². The molecule has 3 aromatic rings. The highest BCUT2D eigenvalue weighted by atomic mass is 35.5. The van der Waals surface area contributed by atoms with Crippen molar-refractivity contribution in [3.05, 3.63) is 58.9 Å². The Balaban J connectivity index is 1.30. The number of nitrogens with zero attached hydrogens (tertiary/aromatic N) is 5. The van der Waals surface area contributed by atoms with Crippen LogP contribution in [0.3, 0.4) is 0 Å². The first-order valence-corrected chi connectivity index (χ1v) is 11.9. The summed E-state index contributed by atoms with van der Waals surface area (Å²) in [6, 6.07) is 12.3. The van der Waals surface area contributed by atoms with E-state index in [4.69, 9.17) is 16.3 Å². The molecule has 0 saturated carbocycles. The Labute approximate surface area is 201 Å². The molecule has 0 N–H and O–H groups in total. The minimum atomic E-state index is -0.297. The number of hydrogen-bond donors (Lipinski definition) is 0. The largest absolute Gasteiger partial charge is 0.497 e. The smallest absolute Gasteiger partial charge is 0.233 e. The number of piperazine rings is 1. The number of rotatable bonds is 7. The highest BCUT2D eigenvalue weighted by Crippen LogP contribution is 2.26. The number of hydrogen-bond acceptors (Lipinski definition) is 6. The molecule has 10 heteroatoms. The van der Waals surface area contributed by atoms with Gasteiger partial charge in [-0.2, -0.15) is 0 Å². The topological polar surface area (TPSA) is 63.5 Å². The summed E-state index contributed by atoms with van der Waals surface area (Å²) in [6.07, 6.45) is 0. The van der Waals surface area contributed by atoms with Crippen molar-refractivity contribution in [3.63, 3.8) is 0 Å². The monoisotopic (exact) mass is 489 g/mol. The van der Waals surface area contributed by atoms with Gasteiger partial charge in [-0.3, -0.25) is 9.69 Å². The van der Waals surface area contributed by atoms with E-state index < -0.39 is 0 Å². The standard InChI is InChI=1S/C23H25ClFN5O2S/c1-28-22(16-5-3-6-17(13-16)32-2)26-27-23(28)33-15-21(31)30-11-9-29(10-12-30)14-18-19(24)7-4-8-20(18)25/h3-8,13H,9-12,14-15H2,1-2H3. The zero-order chi connectivity index (χ0) is 23.4. The average Bonchev–Trinajstić information content (AvgIpc) is 3.20. The quantitative estimate of drug-likeness (QED) is 0.471. The second kappa shape index (κ2) is 10.5. The molecule has 1 amide bonds. The zero-order valence-corrected chi connectivity index (χ0v) is 20.1. The molecule has 4 rings (SSSR count). The maximum absolute atomic E-state index is 14.1. The van der Waals surface area contributed by atoms with Crippen molar-refractivity contribution in [3.8, 4) is 17.1 Å². The molecular formula is C23H25ClFN5O2S. The van der Waals surface area contributed by atoms with Crippen LogP contribution in [0.1, 0.15) is 5.56 Å². The molecule has 1 aliphatic heterocycles. The van der Waals surface area contributed by atoms with Gasteiger partial charge in [0, 0.05) is 55.9 Å². The highest BCUT2D eigenvalue weighted by molar-refractivity contribution is 7.99. The predicted molar refractivity (Wildman–Crippen MR) is 127 cm³/mol. The van der Waals surface area contributed by atoms with Crippen molar-refractivity contribution < 1.29 is 13.9 Å². The summed E-state index contributed by atoms with van der Waals surface area (Å²) in [5.74, 6) is 1.49. The molecule has 1 saturated heterocycles. The molecular weight excluding hydrogens is 465 g/mol.